The number of nitrogens with zero attached hydrogens (tertiary/aromatic N) is 3. The van der Waals surface area contributed by atoms with E-state index < -0.39 is 4.92 Å². The molecule has 1 N–H and O–H groups in total. The number of hydrogen-bond acceptors (Lipinski definition) is 6. The van der Waals surface area contributed by atoms with E-state index in [0.29, 0.717) is 17.6 Å². The van der Waals surface area contributed by atoms with Crippen LogP contribution >= 0.6 is 0 Å². The molecule has 1 unspecified atom stereocenters. The van der Waals surface area contributed by atoms with Gasteiger partial charge >= 0.3 is 0 Å². The van der Waals surface area contributed by atoms with Crippen LogP contribution in [0.2, 0.25) is 0 Å². The highest BCUT2D eigenvalue weighted by molar-refractivity contribution is 5.56. The zero-order valence-corrected chi connectivity index (χ0v) is 10.8. The van der Waals surface area contributed by atoms with Crippen LogP contribution in [0.3, 0.4) is 0 Å². The summed E-state index contributed by atoms with van der Waals surface area (Å²) in [5, 5.41) is 17.8. The Kier molecular flexibility index (Phi) is 3.42. The van der Waals surface area contributed by atoms with Crippen LogP contribution in [0.4, 0.5) is 5.69 Å². The predicted molar refractivity (Wildman–Crippen MR) is 71.1 cm³/mol. The Morgan fingerprint density at radius 1 is 1.40 bits per heavy atom. The molecule has 7 nitrogen and oxygen atoms in total. The second-order valence-corrected chi connectivity index (χ2v) is 4.88. The van der Waals surface area contributed by atoms with Crippen molar-refractivity contribution in [3.8, 4) is 11.4 Å². The third-order valence-electron chi connectivity index (χ3n) is 3.43. The number of nitro groups is 1. The first-order chi connectivity index (χ1) is 9.72. The highest BCUT2D eigenvalue weighted by atomic mass is 16.6. The van der Waals surface area contributed by atoms with Crippen LogP contribution in [-0.4, -0.2) is 28.2 Å². The standard InChI is InChI=1S/C13H14N4O3/c18-17(19)11-3-1-10(2-4-11)13-15-12(20-16-13)7-9-5-6-14-8-9/h1-4,9,14H,5-8H2. The van der Waals surface area contributed by atoms with Crippen LogP contribution < -0.4 is 5.32 Å². The molecule has 20 heavy (non-hydrogen) atoms. The lowest BCUT2D eigenvalue weighted by Crippen LogP contribution is -2.10. The molecule has 0 saturated carbocycles. The van der Waals surface area contributed by atoms with Crippen molar-refractivity contribution in [3.63, 3.8) is 0 Å². The van der Waals surface area contributed by atoms with Gasteiger partial charge in [-0.3, -0.25) is 10.1 Å². The minimum absolute atomic E-state index is 0.0505. The van der Waals surface area contributed by atoms with Crippen molar-refractivity contribution in [2.75, 3.05) is 13.1 Å². The van der Waals surface area contributed by atoms with E-state index in [0.717, 1.165) is 31.5 Å². The third-order valence-corrected chi connectivity index (χ3v) is 3.43. The van der Waals surface area contributed by atoms with E-state index in [2.05, 4.69) is 15.5 Å². The van der Waals surface area contributed by atoms with Crippen LogP contribution in [0, 0.1) is 16.0 Å². The number of hydrogen-bond donors (Lipinski definition) is 1. The van der Waals surface area contributed by atoms with Gasteiger partial charge in [0.1, 0.15) is 0 Å². The molecule has 0 bridgehead atoms. The van der Waals surface area contributed by atoms with Gasteiger partial charge in [0.05, 0.1) is 4.92 Å². The molecule has 0 amide bonds. The molecule has 1 saturated heterocycles. The molecule has 1 aromatic carbocycles. The number of aromatic nitrogens is 2. The molecule has 0 aliphatic carbocycles. The summed E-state index contributed by atoms with van der Waals surface area (Å²) in [5.74, 6) is 1.63. The van der Waals surface area contributed by atoms with Gasteiger partial charge in [0, 0.05) is 24.1 Å². The molecular weight excluding hydrogens is 260 g/mol. The lowest BCUT2D eigenvalue weighted by molar-refractivity contribution is -0.384. The minimum Gasteiger partial charge on any atom is -0.339 e. The van der Waals surface area contributed by atoms with Crippen molar-refractivity contribution < 1.29 is 9.45 Å². The zero-order valence-electron chi connectivity index (χ0n) is 10.8. The Morgan fingerprint density at radius 3 is 2.85 bits per heavy atom. The molecule has 1 aliphatic heterocycles. The molecule has 1 aliphatic rings. The molecule has 1 fully saturated rings. The van der Waals surface area contributed by atoms with Gasteiger partial charge in [-0.05, 0) is 37.6 Å². The lowest BCUT2D eigenvalue weighted by Gasteiger charge is -2.01. The normalized spacial score (nSPS) is 18.3. The molecule has 104 valence electrons. The number of rotatable bonds is 4. The fourth-order valence-corrected chi connectivity index (χ4v) is 2.32. The fraction of sp³-hybridized carbons (Fsp3) is 0.385. The molecule has 3 rings (SSSR count). The largest absolute Gasteiger partial charge is 0.339 e. The molecule has 2 aromatic rings. The van der Waals surface area contributed by atoms with Gasteiger partial charge in [-0.2, -0.15) is 4.98 Å². The van der Waals surface area contributed by atoms with E-state index in [1.165, 1.54) is 12.1 Å². The van der Waals surface area contributed by atoms with Gasteiger partial charge in [-0.1, -0.05) is 5.16 Å². The van der Waals surface area contributed by atoms with Crippen molar-refractivity contribution in [1.82, 2.24) is 15.5 Å². The van der Waals surface area contributed by atoms with Crippen molar-refractivity contribution in [2.24, 2.45) is 5.92 Å². The fourth-order valence-electron chi connectivity index (χ4n) is 2.32. The maximum atomic E-state index is 10.6. The van der Waals surface area contributed by atoms with Gasteiger partial charge in [0.15, 0.2) is 0 Å². The number of non-ortho nitro benzene ring substituents is 1. The predicted octanol–water partition coefficient (Wildman–Crippen LogP) is 1.80. The molecule has 0 spiro atoms. The van der Waals surface area contributed by atoms with E-state index in [1.807, 2.05) is 0 Å². The molecule has 2 heterocycles. The Hall–Kier alpha value is -2.28. The SMILES string of the molecule is O=[N+]([O-])c1ccc(-c2noc(CC3CCNC3)n2)cc1. The van der Waals surface area contributed by atoms with E-state index in [1.54, 1.807) is 12.1 Å². The van der Waals surface area contributed by atoms with Crippen molar-refractivity contribution >= 4 is 5.69 Å². The maximum absolute atomic E-state index is 10.6. The second kappa shape index (κ2) is 5.38. The van der Waals surface area contributed by atoms with Crippen molar-refractivity contribution in [3.05, 3.63) is 40.3 Å². The van der Waals surface area contributed by atoms with Gasteiger partial charge in [0.2, 0.25) is 11.7 Å². The van der Waals surface area contributed by atoms with Crippen LogP contribution in [-0.2, 0) is 6.42 Å². The number of nitro benzene ring substituents is 1. The summed E-state index contributed by atoms with van der Waals surface area (Å²) in [6.45, 7) is 2.02. The summed E-state index contributed by atoms with van der Waals surface area (Å²) in [6, 6.07) is 6.13. The summed E-state index contributed by atoms with van der Waals surface area (Å²) < 4.78 is 5.24. The van der Waals surface area contributed by atoms with Crippen LogP contribution in [0.25, 0.3) is 11.4 Å². The Morgan fingerprint density at radius 2 is 2.20 bits per heavy atom. The van der Waals surface area contributed by atoms with Gasteiger partial charge in [-0.25, -0.2) is 0 Å². The second-order valence-electron chi connectivity index (χ2n) is 4.88. The molecule has 1 atom stereocenters. The first-order valence-electron chi connectivity index (χ1n) is 6.50. The Bertz CT molecular complexity index is 602. The van der Waals surface area contributed by atoms with E-state index >= 15 is 0 Å². The zero-order chi connectivity index (χ0) is 13.9. The van der Waals surface area contributed by atoms with Gasteiger partial charge in [0.25, 0.3) is 5.69 Å². The first-order valence-corrected chi connectivity index (χ1v) is 6.50. The summed E-state index contributed by atoms with van der Waals surface area (Å²) in [6.07, 6.45) is 1.89. The number of nitrogens with one attached hydrogen (secondary N) is 1. The quantitative estimate of drug-likeness (QED) is 0.674. The summed E-state index contributed by atoms with van der Waals surface area (Å²) >= 11 is 0. The smallest absolute Gasteiger partial charge is 0.269 e. The average Bonchev–Trinajstić information content (AvgIpc) is 3.11. The highest BCUT2D eigenvalue weighted by Crippen LogP contribution is 2.21. The third kappa shape index (κ3) is 2.67. The average molecular weight is 274 g/mol. The number of benzene rings is 1. The lowest BCUT2D eigenvalue weighted by atomic mass is 10.1. The molecule has 0 radical (unpaired) electrons. The topological polar surface area (TPSA) is 94.1 Å². The van der Waals surface area contributed by atoms with E-state index in [4.69, 9.17) is 4.52 Å². The van der Waals surface area contributed by atoms with Crippen LogP contribution in [0.5, 0.6) is 0 Å². The van der Waals surface area contributed by atoms with E-state index in [9.17, 15) is 10.1 Å². The summed E-state index contributed by atoms with van der Waals surface area (Å²) in [7, 11) is 0. The van der Waals surface area contributed by atoms with Crippen molar-refractivity contribution in [1.29, 1.82) is 0 Å². The van der Waals surface area contributed by atoms with E-state index in [-0.39, 0.29) is 5.69 Å². The summed E-state index contributed by atoms with van der Waals surface area (Å²) in [5.41, 5.74) is 0.768. The minimum atomic E-state index is -0.432. The summed E-state index contributed by atoms with van der Waals surface area (Å²) in [4.78, 5) is 14.5. The Labute approximate surface area is 115 Å². The Balaban J connectivity index is 1.73. The molecule has 7 heteroatoms. The van der Waals surface area contributed by atoms with Gasteiger partial charge in [-0.15, -0.1) is 0 Å². The molecular formula is C13H14N4O3. The maximum Gasteiger partial charge on any atom is 0.269 e. The van der Waals surface area contributed by atoms with Crippen LogP contribution in [0.1, 0.15) is 12.3 Å². The first kappa shape index (κ1) is 12.7. The highest BCUT2D eigenvalue weighted by Gasteiger charge is 2.19. The van der Waals surface area contributed by atoms with Crippen LogP contribution in [0.15, 0.2) is 28.8 Å². The van der Waals surface area contributed by atoms with Gasteiger partial charge < -0.3 is 9.84 Å². The van der Waals surface area contributed by atoms with Crippen molar-refractivity contribution in [2.45, 2.75) is 12.8 Å². The monoisotopic (exact) mass is 274 g/mol. The molecule has 1 aromatic heterocycles.